The molecule has 1 heterocycles. The van der Waals surface area contributed by atoms with Crippen LogP contribution in [0.3, 0.4) is 0 Å². The van der Waals surface area contributed by atoms with Crippen LogP contribution in [-0.4, -0.2) is 23.4 Å². The van der Waals surface area contributed by atoms with Gasteiger partial charge in [-0.1, -0.05) is 19.9 Å². The van der Waals surface area contributed by atoms with E-state index in [4.69, 9.17) is 5.73 Å². The first-order valence-corrected chi connectivity index (χ1v) is 7.98. The van der Waals surface area contributed by atoms with Crippen molar-refractivity contribution in [3.05, 3.63) is 32.7 Å². The molecule has 0 aromatic heterocycles. The van der Waals surface area contributed by atoms with Crippen LogP contribution in [0.5, 0.6) is 0 Å². The van der Waals surface area contributed by atoms with E-state index in [1.165, 1.54) is 0 Å². The summed E-state index contributed by atoms with van der Waals surface area (Å²) < 4.78 is 1.99. The topological polar surface area (TPSA) is 46.3 Å². The molecule has 0 radical (unpaired) electrons. The summed E-state index contributed by atoms with van der Waals surface area (Å²) in [7, 11) is 0. The molecule has 1 fully saturated rings. The van der Waals surface area contributed by atoms with Crippen molar-refractivity contribution in [1.29, 1.82) is 0 Å². The van der Waals surface area contributed by atoms with Crippen molar-refractivity contribution in [2.75, 3.05) is 6.54 Å². The summed E-state index contributed by atoms with van der Waals surface area (Å²) in [6.45, 7) is 4.99. The number of carbonyl (C=O) groups is 1. The summed E-state index contributed by atoms with van der Waals surface area (Å²) in [4.78, 5) is 14.0. The van der Waals surface area contributed by atoms with Crippen LogP contribution in [0.1, 0.15) is 31.9 Å². The first kappa shape index (κ1) is 15.0. The highest BCUT2D eigenvalue weighted by Gasteiger charge is 2.38. The molecule has 5 heteroatoms. The lowest BCUT2D eigenvalue weighted by Gasteiger charge is -2.29. The van der Waals surface area contributed by atoms with E-state index in [1.54, 1.807) is 0 Å². The predicted molar refractivity (Wildman–Crippen MR) is 83.7 cm³/mol. The maximum Gasteiger partial charge on any atom is 0.224 e. The Hall–Kier alpha value is -0.390. The number of nitrogens with zero attached hydrogens (tertiary/aromatic N) is 1. The molecular weight excluding hydrogens is 372 g/mol. The van der Waals surface area contributed by atoms with Gasteiger partial charge in [0, 0.05) is 28.0 Å². The Balaban J connectivity index is 2.33. The van der Waals surface area contributed by atoms with Gasteiger partial charge in [-0.05, 0) is 55.5 Å². The van der Waals surface area contributed by atoms with E-state index < -0.39 is 0 Å². The van der Waals surface area contributed by atoms with Crippen molar-refractivity contribution in [2.24, 2.45) is 11.7 Å². The van der Waals surface area contributed by atoms with Crippen LogP contribution in [0.15, 0.2) is 27.1 Å². The summed E-state index contributed by atoms with van der Waals surface area (Å²) in [5.41, 5.74) is 7.26. The number of halogens is 2. The molecule has 0 aliphatic carbocycles. The van der Waals surface area contributed by atoms with Gasteiger partial charge in [0.25, 0.3) is 0 Å². The monoisotopic (exact) mass is 388 g/mol. The zero-order valence-electron chi connectivity index (χ0n) is 11.1. The van der Waals surface area contributed by atoms with Gasteiger partial charge in [-0.3, -0.25) is 4.79 Å². The van der Waals surface area contributed by atoms with E-state index >= 15 is 0 Å². The first-order valence-electron chi connectivity index (χ1n) is 6.40. The van der Waals surface area contributed by atoms with Crippen LogP contribution in [0.4, 0.5) is 0 Å². The molecule has 19 heavy (non-hydrogen) atoms. The van der Waals surface area contributed by atoms with Crippen LogP contribution in [0, 0.1) is 5.92 Å². The third kappa shape index (κ3) is 3.20. The molecule has 0 spiro atoms. The Morgan fingerprint density at radius 3 is 2.63 bits per heavy atom. The number of hydrogen-bond donors (Lipinski definition) is 1. The number of hydrogen-bond acceptors (Lipinski definition) is 2. The predicted octanol–water partition coefficient (Wildman–Crippen LogP) is 3.47. The van der Waals surface area contributed by atoms with Gasteiger partial charge in [0.05, 0.1) is 6.04 Å². The molecular formula is C14H18Br2N2O. The van der Waals surface area contributed by atoms with E-state index in [0.29, 0.717) is 12.3 Å². The van der Waals surface area contributed by atoms with Crippen LogP contribution in [0.25, 0.3) is 0 Å². The summed E-state index contributed by atoms with van der Waals surface area (Å²) >= 11 is 6.97. The summed E-state index contributed by atoms with van der Waals surface area (Å²) in [5, 5.41) is 0. The van der Waals surface area contributed by atoms with Crippen LogP contribution in [0.2, 0.25) is 0 Å². The van der Waals surface area contributed by atoms with Crippen LogP contribution >= 0.6 is 31.9 Å². The molecule has 1 aliphatic rings. The van der Waals surface area contributed by atoms with E-state index in [-0.39, 0.29) is 18.0 Å². The number of likely N-dealkylation sites (tertiary alicyclic amines) is 1. The smallest absolute Gasteiger partial charge is 0.224 e. The minimum absolute atomic E-state index is 0.0145. The fourth-order valence-electron chi connectivity index (χ4n) is 2.55. The van der Waals surface area contributed by atoms with Crippen molar-refractivity contribution in [1.82, 2.24) is 4.90 Å². The Labute approximate surface area is 130 Å². The van der Waals surface area contributed by atoms with Gasteiger partial charge >= 0.3 is 0 Å². The minimum atomic E-state index is -0.126. The van der Waals surface area contributed by atoms with Crippen LogP contribution < -0.4 is 5.73 Å². The van der Waals surface area contributed by atoms with Gasteiger partial charge in [-0.25, -0.2) is 0 Å². The fourth-order valence-corrected chi connectivity index (χ4v) is 3.19. The maximum atomic E-state index is 12.1. The van der Waals surface area contributed by atoms with Crippen molar-refractivity contribution < 1.29 is 4.79 Å². The van der Waals surface area contributed by atoms with Gasteiger partial charge in [-0.2, -0.15) is 0 Å². The Morgan fingerprint density at radius 1 is 1.37 bits per heavy atom. The van der Waals surface area contributed by atoms with Crippen molar-refractivity contribution in [2.45, 2.75) is 32.4 Å². The highest BCUT2D eigenvalue weighted by atomic mass is 79.9. The molecule has 2 atom stereocenters. The lowest BCUT2D eigenvalue weighted by atomic mass is 10.0. The maximum absolute atomic E-state index is 12.1. The average Bonchev–Trinajstić information content (AvgIpc) is 2.57. The second-order valence-electron chi connectivity index (χ2n) is 5.43. The normalized spacial score (nSPS) is 23.5. The molecule has 1 amide bonds. The van der Waals surface area contributed by atoms with Gasteiger partial charge in [0.1, 0.15) is 0 Å². The minimum Gasteiger partial charge on any atom is -0.334 e. The van der Waals surface area contributed by atoms with E-state index in [9.17, 15) is 4.79 Å². The summed E-state index contributed by atoms with van der Waals surface area (Å²) in [6, 6.07) is 5.92. The summed E-state index contributed by atoms with van der Waals surface area (Å²) in [5.74, 6) is 0.598. The molecule has 0 saturated carbocycles. The number of amides is 1. The number of nitrogens with two attached hydrogens (primary N) is 1. The Morgan fingerprint density at radius 2 is 2.05 bits per heavy atom. The molecule has 1 aliphatic heterocycles. The SMILES string of the molecule is CC(C)CN1C(=O)CC(N)C1c1ccc(Br)c(Br)c1. The van der Waals surface area contributed by atoms with E-state index in [0.717, 1.165) is 21.1 Å². The number of carbonyl (C=O) groups excluding carboxylic acids is 1. The lowest BCUT2D eigenvalue weighted by molar-refractivity contribution is -0.129. The number of rotatable bonds is 3. The molecule has 3 nitrogen and oxygen atoms in total. The zero-order valence-corrected chi connectivity index (χ0v) is 14.2. The largest absolute Gasteiger partial charge is 0.334 e. The van der Waals surface area contributed by atoms with Gasteiger partial charge in [-0.15, -0.1) is 0 Å². The molecule has 1 saturated heterocycles. The highest BCUT2D eigenvalue weighted by Crippen LogP contribution is 2.35. The quantitative estimate of drug-likeness (QED) is 0.860. The molecule has 1 aromatic rings. The standard InChI is InChI=1S/C14H18Br2N2O/c1-8(2)7-18-13(19)6-12(17)14(18)9-3-4-10(15)11(16)5-9/h3-5,8,12,14H,6-7,17H2,1-2H3. The number of benzene rings is 1. The van der Waals surface area contributed by atoms with Crippen molar-refractivity contribution >= 4 is 37.8 Å². The second-order valence-corrected chi connectivity index (χ2v) is 7.13. The molecule has 104 valence electrons. The molecule has 2 unspecified atom stereocenters. The fraction of sp³-hybridized carbons (Fsp3) is 0.500. The third-order valence-electron chi connectivity index (χ3n) is 3.32. The van der Waals surface area contributed by atoms with Gasteiger partial charge < -0.3 is 10.6 Å². The Kier molecular flexibility index (Phi) is 4.69. The molecule has 2 N–H and O–H groups in total. The van der Waals surface area contributed by atoms with Gasteiger partial charge in [0.15, 0.2) is 0 Å². The molecule has 2 rings (SSSR count). The molecule has 0 bridgehead atoms. The highest BCUT2D eigenvalue weighted by molar-refractivity contribution is 9.13. The average molecular weight is 390 g/mol. The lowest BCUT2D eigenvalue weighted by Crippen LogP contribution is -2.35. The summed E-state index contributed by atoms with van der Waals surface area (Å²) in [6.07, 6.45) is 0.436. The van der Waals surface area contributed by atoms with E-state index in [2.05, 4.69) is 45.7 Å². The Bertz CT molecular complexity index is 490. The van der Waals surface area contributed by atoms with Crippen molar-refractivity contribution in [3.8, 4) is 0 Å². The van der Waals surface area contributed by atoms with Crippen molar-refractivity contribution in [3.63, 3.8) is 0 Å². The zero-order chi connectivity index (χ0) is 14.2. The van der Waals surface area contributed by atoms with Gasteiger partial charge in [0.2, 0.25) is 5.91 Å². The first-order chi connectivity index (χ1) is 8.90. The van der Waals surface area contributed by atoms with E-state index in [1.807, 2.05) is 23.1 Å². The second kappa shape index (κ2) is 5.94. The van der Waals surface area contributed by atoms with Crippen LogP contribution in [-0.2, 0) is 4.79 Å². The third-order valence-corrected chi connectivity index (χ3v) is 5.20. The molecule has 1 aromatic carbocycles.